The van der Waals surface area contributed by atoms with Crippen LogP contribution in [0.3, 0.4) is 0 Å². The van der Waals surface area contributed by atoms with Crippen LogP contribution in [-0.2, 0) is 20.6 Å². The van der Waals surface area contributed by atoms with E-state index in [1.165, 1.54) is 19.1 Å². The molecule has 3 heterocycles. The summed E-state index contributed by atoms with van der Waals surface area (Å²) in [5.41, 5.74) is -0.961. The molecular formula is C18H17F3N2O3. The number of benzene rings is 1. The molecule has 1 saturated carbocycles. The van der Waals surface area contributed by atoms with Gasteiger partial charge in [0.25, 0.3) is 0 Å². The number of nitrogens with zero attached hydrogens (tertiary/aromatic N) is 2. The van der Waals surface area contributed by atoms with Gasteiger partial charge in [-0.1, -0.05) is 6.07 Å². The van der Waals surface area contributed by atoms with Crippen molar-refractivity contribution in [2.24, 2.45) is 17.8 Å². The molecule has 2 bridgehead atoms. The largest absolute Gasteiger partial charge is 0.416 e. The molecule has 4 unspecified atom stereocenters. The molecule has 8 heteroatoms. The Kier molecular flexibility index (Phi) is 3.65. The molecule has 5 rings (SSSR count). The number of piperidine rings is 2. The van der Waals surface area contributed by atoms with E-state index >= 15 is 0 Å². The van der Waals surface area contributed by atoms with Gasteiger partial charge in [-0.3, -0.25) is 14.4 Å². The van der Waals surface area contributed by atoms with E-state index in [1.54, 1.807) is 4.90 Å². The molecule has 0 aromatic heterocycles. The number of halogens is 3. The van der Waals surface area contributed by atoms with Crippen LogP contribution < -0.4 is 4.90 Å². The van der Waals surface area contributed by atoms with Crippen molar-refractivity contribution in [2.45, 2.75) is 32.0 Å². The van der Waals surface area contributed by atoms with E-state index in [0.717, 1.165) is 23.5 Å². The normalized spacial score (nSPS) is 30.8. The van der Waals surface area contributed by atoms with Gasteiger partial charge in [0.2, 0.25) is 17.7 Å². The van der Waals surface area contributed by atoms with Crippen molar-refractivity contribution >= 4 is 23.4 Å². The summed E-state index contributed by atoms with van der Waals surface area (Å²) in [6.45, 7) is 1.86. The molecule has 138 valence electrons. The van der Waals surface area contributed by atoms with Crippen molar-refractivity contribution in [3.63, 3.8) is 0 Å². The fourth-order valence-corrected chi connectivity index (χ4v) is 4.74. The first-order valence-electron chi connectivity index (χ1n) is 8.52. The van der Waals surface area contributed by atoms with Crippen molar-refractivity contribution in [1.29, 1.82) is 0 Å². The quantitative estimate of drug-likeness (QED) is 0.718. The lowest BCUT2D eigenvalue weighted by atomic mass is 9.66. The zero-order chi connectivity index (χ0) is 18.8. The molecule has 1 aliphatic carbocycles. The Balaban J connectivity index is 1.72. The molecule has 3 aliphatic heterocycles. The van der Waals surface area contributed by atoms with Gasteiger partial charge >= 0.3 is 6.18 Å². The van der Waals surface area contributed by atoms with E-state index in [-0.39, 0.29) is 23.6 Å². The average Bonchev–Trinajstić information content (AvgIpc) is 2.87. The summed E-state index contributed by atoms with van der Waals surface area (Å²) in [5.74, 6) is -2.42. The Morgan fingerprint density at radius 2 is 1.81 bits per heavy atom. The lowest BCUT2D eigenvalue weighted by Gasteiger charge is -2.49. The molecule has 4 aliphatic rings. The summed E-state index contributed by atoms with van der Waals surface area (Å²) in [5, 5.41) is 0. The van der Waals surface area contributed by atoms with Crippen LogP contribution in [0.4, 0.5) is 18.9 Å². The summed E-state index contributed by atoms with van der Waals surface area (Å²) in [6.07, 6.45) is -3.18. The third-order valence-corrected chi connectivity index (χ3v) is 5.82. The van der Waals surface area contributed by atoms with Crippen molar-refractivity contribution in [3.8, 4) is 0 Å². The van der Waals surface area contributed by atoms with E-state index < -0.39 is 35.4 Å². The van der Waals surface area contributed by atoms with Gasteiger partial charge in [0.05, 0.1) is 23.1 Å². The minimum atomic E-state index is -4.56. The maximum absolute atomic E-state index is 13.0. The van der Waals surface area contributed by atoms with Crippen LogP contribution in [0.15, 0.2) is 24.3 Å². The fourth-order valence-electron chi connectivity index (χ4n) is 4.74. The Morgan fingerprint density at radius 3 is 2.46 bits per heavy atom. The molecule has 0 N–H and O–H groups in total. The smallest absolute Gasteiger partial charge is 0.339 e. The van der Waals surface area contributed by atoms with Gasteiger partial charge in [-0.25, -0.2) is 4.90 Å². The van der Waals surface area contributed by atoms with Crippen LogP contribution >= 0.6 is 0 Å². The average molecular weight is 366 g/mol. The highest BCUT2D eigenvalue weighted by atomic mass is 19.4. The second-order valence-electron chi connectivity index (χ2n) is 7.19. The number of hydrogen-bond donors (Lipinski definition) is 0. The standard InChI is InChI=1S/C18H17F3N2O3/c1-9(24)22-8-10-5-6-13(22)15-14(10)16(25)23(17(15)26)12-4-2-3-11(7-12)18(19,20)21/h2-4,7,10,13-15H,5-6,8H2,1H3. The van der Waals surface area contributed by atoms with Crippen LogP contribution in [0.5, 0.6) is 0 Å². The number of anilines is 1. The predicted octanol–water partition coefficient (Wildman–Crippen LogP) is 2.45. The SMILES string of the molecule is CC(=O)N1CC2CCC1C1C(=O)N(c3cccc(C(F)(F)F)c3)C(=O)C21. The molecule has 3 saturated heterocycles. The van der Waals surface area contributed by atoms with Crippen molar-refractivity contribution < 1.29 is 27.6 Å². The lowest BCUT2D eigenvalue weighted by Crippen LogP contribution is -2.59. The minimum Gasteiger partial charge on any atom is -0.339 e. The van der Waals surface area contributed by atoms with Crippen LogP contribution in [0.25, 0.3) is 0 Å². The predicted molar refractivity (Wildman–Crippen MR) is 84.8 cm³/mol. The van der Waals surface area contributed by atoms with Crippen LogP contribution in [0.2, 0.25) is 0 Å². The first kappa shape index (κ1) is 17.1. The van der Waals surface area contributed by atoms with E-state index in [9.17, 15) is 27.6 Å². The first-order valence-corrected chi connectivity index (χ1v) is 8.52. The van der Waals surface area contributed by atoms with Crippen molar-refractivity contribution in [2.75, 3.05) is 11.4 Å². The van der Waals surface area contributed by atoms with Gasteiger partial charge < -0.3 is 4.90 Å². The summed E-state index contributed by atoms with van der Waals surface area (Å²) in [7, 11) is 0. The lowest BCUT2D eigenvalue weighted by molar-refractivity contribution is -0.148. The second kappa shape index (κ2) is 5.56. The molecule has 1 aromatic rings. The van der Waals surface area contributed by atoms with Gasteiger partial charge in [0.1, 0.15) is 0 Å². The number of hydrogen-bond acceptors (Lipinski definition) is 3. The van der Waals surface area contributed by atoms with Gasteiger partial charge in [0, 0.05) is 19.5 Å². The zero-order valence-corrected chi connectivity index (χ0v) is 14.0. The number of carbonyl (C=O) groups is 3. The second-order valence-corrected chi connectivity index (χ2v) is 7.19. The molecule has 0 spiro atoms. The zero-order valence-electron chi connectivity index (χ0n) is 14.0. The fraction of sp³-hybridized carbons (Fsp3) is 0.500. The molecule has 3 amide bonds. The molecule has 26 heavy (non-hydrogen) atoms. The third kappa shape index (κ3) is 2.34. The van der Waals surface area contributed by atoms with E-state index in [4.69, 9.17) is 0 Å². The van der Waals surface area contributed by atoms with E-state index in [2.05, 4.69) is 0 Å². The van der Waals surface area contributed by atoms with E-state index in [1.807, 2.05) is 0 Å². The molecule has 4 fully saturated rings. The molecule has 4 atom stereocenters. The Morgan fingerprint density at radius 1 is 1.12 bits per heavy atom. The molecule has 1 aromatic carbocycles. The summed E-state index contributed by atoms with van der Waals surface area (Å²) in [4.78, 5) is 40.2. The number of alkyl halides is 3. The third-order valence-electron chi connectivity index (χ3n) is 5.82. The highest BCUT2D eigenvalue weighted by Gasteiger charge is 2.61. The highest BCUT2D eigenvalue weighted by molar-refractivity contribution is 6.22. The monoisotopic (exact) mass is 366 g/mol. The van der Waals surface area contributed by atoms with E-state index in [0.29, 0.717) is 13.0 Å². The summed E-state index contributed by atoms with van der Waals surface area (Å²) >= 11 is 0. The highest BCUT2D eigenvalue weighted by Crippen LogP contribution is 2.49. The number of carbonyl (C=O) groups excluding carboxylic acids is 3. The minimum absolute atomic E-state index is 0.0574. The van der Waals surface area contributed by atoms with Crippen LogP contribution in [-0.4, -0.2) is 35.2 Å². The number of fused-ring (bicyclic) bond motifs is 2. The Bertz CT molecular complexity index is 807. The van der Waals surface area contributed by atoms with Crippen molar-refractivity contribution in [3.05, 3.63) is 29.8 Å². The maximum atomic E-state index is 13.0. The van der Waals surface area contributed by atoms with Gasteiger partial charge in [-0.2, -0.15) is 13.2 Å². The van der Waals surface area contributed by atoms with Crippen molar-refractivity contribution in [1.82, 2.24) is 4.90 Å². The number of amides is 3. The Hall–Kier alpha value is -2.38. The topological polar surface area (TPSA) is 57.7 Å². The summed E-state index contributed by atoms with van der Waals surface area (Å²) in [6, 6.07) is 3.92. The Labute approximate surface area is 147 Å². The van der Waals surface area contributed by atoms with Gasteiger partial charge in [-0.05, 0) is 37.0 Å². The molecule has 0 radical (unpaired) electrons. The van der Waals surface area contributed by atoms with Gasteiger partial charge in [-0.15, -0.1) is 0 Å². The number of imide groups is 1. The van der Waals surface area contributed by atoms with Crippen LogP contribution in [0, 0.1) is 17.8 Å². The van der Waals surface area contributed by atoms with Crippen LogP contribution in [0.1, 0.15) is 25.3 Å². The molecule has 5 nitrogen and oxygen atoms in total. The maximum Gasteiger partial charge on any atom is 0.416 e. The van der Waals surface area contributed by atoms with Gasteiger partial charge in [0.15, 0.2) is 0 Å². The molecular weight excluding hydrogens is 349 g/mol. The number of rotatable bonds is 1. The summed E-state index contributed by atoms with van der Waals surface area (Å²) < 4.78 is 39.0. The first-order chi connectivity index (χ1) is 12.2.